The van der Waals surface area contributed by atoms with Crippen LogP contribution in [0.25, 0.3) is 0 Å². The zero-order chi connectivity index (χ0) is 20.5. The number of thiocarbonyl (C=S) groups is 1. The normalized spacial score (nSPS) is 10.4. The number of ether oxygens (including phenoxy) is 1. The maximum atomic E-state index is 11.9. The number of thioether (sulfide) groups is 1. The average Bonchev–Trinajstić information content (AvgIpc) is 2.65. The number of carbonyl (C=O) groups is 1. The Balaban J connectivity index is 1.78. The maximum absolute atomic E-state index is 11.9. The van der Waals surface area contributed by atoms with Gasteiger partial charge in [-0.2, -0.15) is 11.8 Å². The minimum atomic E-state index is -0.346. The molecule has 0 amide bonds. The third-order valence-corrected chi connectivity index (χ3v) is 5.64. The molecule has 150 valence electrons. The van der Waals surface area contributed by atoms with Gasteiger partial charge in [-0.05, 0) is 61.5 Å². The van der Waals surface area contributed by atoms with Crippen LogP contribution in [0.15, 0.2) is 36.4 Å². The molecule has 28 heavy (non-hydrogen) atoms. The summed E-state index contributed by atoms with van der Waals surface area (Å²) in [7, 11) is 0. The zero-order valence-electron chi connectivity index (χ0n) is 15.7. The van der Waals surface area contributed by atoms with Crippen molar-refractivity contribution in [3.05, 3.63) is 63.1 Å². The number of hydrogen-bond acceptors (Lipinski definition) is 4. The fourth-order valence-electron chi connectivity index (χ4n) is 2.32. The summed E-state index contributed by atoms with van der Waals surface area (Å²) in [4.78, 5) is 11.9. The van der Waals surface area contributed by atoms with Crippen LogP contribution in [0.4, 0.5) is 5.69 Å². The van der Waals surface area contributed by atoms with E-state index in [4.69, 9.17) is 40.2 Å². The van der Waals surface area contributed by atoms with Crippen molar-refractivity contribution in [1.82, 2.24) is 5.32 Å². The smallest absolute Gasteiger partial charge is 0.338 e. The Morgan fingerprint density at radius 2 is 2.00 bits per heavy atom. The number of aryl methyl sites for hydroxylation is 1. The first kappa shape index (κ1) is 22.8. The van der Waals surface area contributed by atoms with Crippen molar-refractivity contribution in [2.75, 3.05) is 24.2 Å². The maximum Gasteiger partial charge on any atom is 0.338 e. The van der Waals surface area contributed by atoms with Crippen molar-refractivity contribution in [2.24, 2.45) is 0 Å². The van der Waals surface area contributed by atoms with Crippen molar-refractivity contribution in [3.8, 4) is 0 Å². The molecule has 0 aliphatic carbocycles. The molecule has 0 bridgehead atoms. The molecule has 2 N–H and O–H groups in total. The van der Waals surface area contributed by atoms with E-state index in [-0.39, 0.29) is 5.97 Å². The Hall–Kier alpha value is -1.47. The molecule has 0 radical (unpaired) electrons. The van der Waals surface area contributed by atoms with Crippen molar-refractivity contribution in [3.63, 3.8) is 0 Å². The average molecular weight is 457 g/mol. The van der Waals surface area contributed by atoms with E-state index in [1.807, 2.05) is 25.1 Å². The van der Waals surface area contributed by atoms with E-state index >= 15 is 0 Å². The molecular weight excluding hydrogens is 435 g/mol. The second-order valence-electron chi connectivity index (χ2n) is 5.92. The lowest BCUT2D eigenvalue weighted by Crippen LogP contribution is -2.30. The van der Waals surface area contributed by atoms with Gasteiger partial charge >= 0.3 is 5.97 Å². The Kier molecular flexibility index (Phi) is 9.38. The van der Waals surface area contributed by atoms with Crippen LogP contribution in [0.5, 0.6) is 0 Å². The Morgan fingerprint density at radius 3 is 2.71 bits per heavy atom. The van der Waals surface area contributed by atoms with Crippen molar-refractivity contribution in [2.45, 2.75) is 19.6 Å². The summed E-state index contributed by atoms with van der Waals surface area (Å²) in [6.45, 7) is 4.78. The summed E-state index contributed by atoms with van der Waals surface area (Å²) in [5.41, 5.74) is 3.32. The van der Waals surface area contributed by atoms with E-state index < -0.39 is 0 Å². The van der Waals surface area contributed by atoms with Crippen LogP contribution in [-0.2, 0) is 10.5 Å². The number of esters is 1. The summed E-state index contributed by atoms with van der Waals surface area (Å²) >= 11 is 19.2. The van der Waals surface area contributed by atoms with Gasteiger partial charge in [-0.3, -0.25) is 0 Å². The molecule has 0 spiro atoms. The van der Waals surface area contributed by atoms with Crippen LogP contribution >= 0.6 is 47.2 Å². The van der Waals surface area contributed by atoms with Gasteiger partial charge in [-0.25, -0.2) is 4.79 Å². The first-order valence-electron chi connectivity index (χ1n) is 8.75. The highest BCUT2D eigenvalue weighted by atomic mass is 35.5. The van der Waals surface area contributed by atoms with Gasteiger partial charge < -0.3 is 15.4 Å². The van der Waals surface area contributed by atoms with Gasteiger partial charge in [-0.1, -0.05) is 35.3 Å². The standard InChI is InChI=1S/C20H22Cl2N2O2S2/c1-3-26-19(25)14-5-4-13(2)18(10-14)24-20(27)23-8-9-28-12-15-6-7-16(21)11-17(15)22/h4-7,10-11H,3,8-9,12H2,1-2H3,(H2,23,24,27). The lowest BCUT2D eigenvalue weighted by molar-refractivity contribution is 0.0526. The van der Waals surface area contributed by atoms with Gasteiger partial charge in [0.1, 0.15) is 0 Å². The molecule has 2 aromatic carbocycles. The van der Waals surface area contributed by atoms with Crippen molar-refractivity contribution < 1.29 is 9.53 Å². The van der Waals surface area contributed by atoms with E-state index in [1.165, 1.54) is 0 Å². The van der Waals surface area contributed by atoms with Gasteiger partial charge in [0, 0.05) is 33.8 Å². The minimum Gasteiger partial charge on any atom is -0.462 e. The number of halogens is 2. The van der Waals surface area contributed by atoms with E-state index in [0.29, 0.717) is 33.9 Å². The van der Waals surface area contributed by atoms with E-state index in [1.54, 1.807) is 36.9 Å². The molecule has 0 saturated heterocycles. The lowest BCUT2D eigenvalue weighted by Gasteiger charge is -2.13. The molecule has 2 rings (SSSR count). The van der Waals surface area contributed by atoms with E-state index in [9.17, 15) is 4.79 Å². The van der Waals surface area contributed by atoms with Gasteiger partial charge in [0.15, 0.2) is 5.11 Å². The molecule has 0 aliphatic rings. The predicted molar refractivity (Wildman–Crippen MR) is 124 cm³/mol. The second kappa shape index (κ2) is 11.5. The van der Waals surface area contributed by atoms with Gasteiger partial charge in [0.25, 0.3) is 0 Å². The first-order valence-corrected chi connectivity index (χ1v) is 11.1. The van der Waals surface area contributed by atoms with Crippen LogP contribution in [0.3, 0.4) is 0 Å². The largest absolute Gasteiger partial charge is 0.462 e. The second-order valence-corrected chi connectivity index (χ2v) is 8.28. The van der Waals surface area contributed by atoms with E-state index in [2.05, 4.69) is 10.6 Å². The van der Waals surface area contributed by atoms with Crippen LogP contribution in [0.1, 0.15) is 28.4 Å². The SMILES string of the molecule is CCOC(=O)c1ccc(C)c(NC(=S)NCCSCc2ccc(Cl)cc2Cl)c1. The summed E-state index contributed by atoms with van der Waals surface area (Å²) in [5.74, 6) is 1.32. The zero-order valence-corrected chi connectivity index (χ0v) is 18.8. The monoisotopic (exact) mass is 456 g/mol. The third kappa shape index (κ3) is 7.17. The molecule has 8 heteroatoms. The summed E-state index contributed by atoms with van der Waals surface area (Å²) in [6.07, 6.45) is 0. The number of nitrogens with one attached hydrogen (secondary N) is 2. The first-order chi connectivity index (χ1) is 13.4. The van der Waals surface area contributed by atoms with Gasteiger partial charge in [-0.15, -0.1) is 0 Å². The van der Waals surface area contributed by atoms with Crippen LogP contribution in [0.2, 0.25) is 10.0 Å². The fourth-order valence-corrected chi connectivity index (χ4v) is 3.95. The molecule has 0 aliphatic heterocycles. The topological polar surface area (TPSA) is 50.4 Å². The number of anilines is 1. The summed E-state index contributed by atoms with van der Waals surface area (Å²) < 4.78 is 5.04. The minimum absolute atomic E-state index is 0.342. The Labute approximate surface area is 185 Å². The van der Waals surface area contributed by atoms with Crippen LogP contribution in [-0.4, -0.2) is 30.0 Å². The van der Waals surface area contributed by atoms with Crippen molar-refractivity contribution >= 4 is 64.0 Å². The van der Waals surface area contributed by atoms with Gasteiger partial charge in [0.2, 0.25) is 0 Å². The molecule has 0 aromatic heterocycles. The van der Waals surface area contributed by atoms with Crippen LogP contribution < -0.4 is 10.6 Å². The molecule has 0 unspecified atom stereocenters. The molecule has 0 heterocycles. The molecular formula is C20H22Cl2N2O2S2. The van der Waals surface area contributed by atoms with Crippen LogP contribution in [0, 0.1) is 6.92 Å². The quantitative estimate of drug-likeness (QED) is 0.301. The summed E-state index contributed by atoms with van der Waals surface area (Å²) in [6, 6.07) is 10.9. The number of carbonyl (C=O) groups excluding carboxylic acids is 1. The van der Waals surface area contributed by atoms with Gasteiger partial charge in [0.05, 0.1) is 12.2 Å². The molecule has 4 nitrogen and oxygen atoms in total. The fraction of sp³-hybridized carbons (Fsp3) is 0.300. The van der Waals surface area contributed by atoms with Crippen molar-refractivity contribution in [1.29, 1.82) is 0 Å². The number of rotatable bonds is 8. The molecule has 0 saturated carbocycles. The Morgan fingerprint density at radius 1 is 1.21 bits per heavy atom. The highest BCUT2D eigenvalue weighted by Crippen LogP contribution is 2.24. The lowest BCUT2D eigenvalue weighted by atomic mass is 10.1. The number of benzene rings is 2. The molecule has 0 fully saturated rings. The highest BCUT2D eigenvalue weighted by Gasteiger charge is 2.10. The van der Waals surface area contributed by atoms with E-state index in [0.717, 1.165) is 28.3 Å². The number of hydrogen-bond donors (Lipinski definition) is 2. The summed E-state index contributed by atoms with van der Waals surface area (Å²) in [5, 5.41) is 8.14. The predicted octanol–water partition coefficient (Wildman–Crippen LogP) is 5.70. The molecule has 2 aromatic rings. The third-order valence-electron chi connectivity index (χ3n) is 3.80. The highest BCUT2D eigenvalue weighted by molar-refractivity contribution is 7.98. The Bertz CT molecular complexity index is 847. The molecule has 0 atom stereocenters.